The summed E-state index contributed by atoms with van der Waals surface area (Å²) in [6.45, 7) is 4.06. The normalized spacial score (nSPS) is 10.6. The first-order chi connectivity index (χ1) is 8.33. The second-order valence-electron chi connectivity index (χ2n) is 4.28. The van der Waals surface area contributed by atoms with Crippen molar-refractivity contribution in [2.75, 3.05) is 0 Å². The topological polar surface area (TPSA) is 72.5 Å². The van der Waals surface area contributed by atoms with E-state index in [0.29, 0.717) is 5.56 Å². The molecule has 0 bridgehead atoms. The van der Waals surface area contributed by atoms with Crippen molar-refractivity contribution in [2.24, 2.45) is 0 Å². The molecule has 0 radical (unpaired) electrons. The van der Waals surface area contributed by atoms with Crippen molar-refractivity contribution in [1.82, 2.24) is 5.32 Å². The minimum absolute atomic E-state index is 0.348. The fraction of sp³-hybridized carbons (Fsp3) is 0.308. The average molecular weight is 249 g/mol. The number of carbonyl (C=O) groups excluding carboxylic acids is 3. The van der Waals surface area contributed by atoms with Crippen LogP contribution in [0.4, 0.5) is 0 Å². The van der Waals surface area contributed by atoms with Crippen LogP contribution in [-0.4, -0.2) is 23.4 Å². The van der Waals surface area contributed by atoms with Crippen molar-refractivity contribution in [1.29, 1.82) is 0 Å². The lowest BCUT2D eigenvalue weighted by Gasteiger charge is -2.23. The van der Waals surface area contributed by atoms with Gasteiger partial charge in [-0.3, -0.25) is 14.9 Å². The molecule has 0 unspecified atom stereocenters. The Hall–Kier alpha value is -2.17. The summed E-state index contributed by atoms with van der Waals surface area (Å²) in [5.41, 5.74) is -1.06. The summed E-state index contributed by atoms with van der Waals surface area (Å²) in [7, 11) is 0. The lowest BCUT2D eigenvalue weighted by atomic mass is 10.1. The number of hydrogen-bond acceptors (Lipinski definition) is 4. The molecule has 1 aromatic rings. The highest BCUT2D eigenvalue weighted by Crippen LogP contribution is 2.13. The van der Waals surface area contributed by atoms with Crippen LogP contribution in [0.3, 0.4) is 0 Å². The van der Waals surface area contributed by atoms with E-state index in [1.165, 1.54) is 20.8 Å². The van der Waals surface area contributed by atoms with E-state index in [1.807, 2.05) is 0 Å². The molecule has 5 nitrogen and oxygen atoms in total. The summed E-state index contributed by atoms with van der Waals surface area (Å²) in [4.78, 5) is 34.2. The highest BCUT2D eigenvalue weighted by Gasteiger charge is 2.32. The van der Waals surface area contributed by atoms with Gasteiger partial charge in [0.15, 0.2) is 5.60 Å². The maximum absolute atomic E-state index is 11.8. The van der Waals surface area contributed by atoms with Crippen LogP contribution in [-0.2, 0) is 14.3 Å². The van der Waals surface area contributed by atoms with Gasteiger partial charge in [-0.05, 0) is 26.0 Å². The second kappa shape index (κ2) is 5.44. The molecule has 0 saturated carbocycles. The standard InChI is InChI=1S/C13H15NO4/c1-9(15)14-12(17)13(2,3)18-11(16)10-7-5-4-6-8-10/h4-8H,1-3H3,(H,14,15,17). The van der Waals surface area contributed by atoms with Gasteiger partial charge < -0.3 is 4.74 Å². The molecule has 0 spiro atoms. The van der Waals surface area contributed by atoms with E-state index >= 15 is 0 Å². The van der Waals surface area contributed by atoms with Crippen LogP contribution in [0.1, 0.15) is 31.1 Å². The first-order valence-corrected chi connectivity index (χ1v) is 5.43. The van der Waals surface area contributed by atoms with Gasteiger partial charge >= 0.3 is 5.97 Å². The van der Waals surface area contributed by atoms with Crippen molar-refractivity contribution in [3.63, 3.8) is 0 Å². The Labute approximate surface area is 105 Å². The zero-order valence-electron chi connectivity index (χ0n) is 10.5. The van der Waals surface area contributed by atoms with Gasteiger partial charge in [0, 0.05) is 6.92 Å². The molecular formula is C13H15NO4. The number of nitrogens with one attached hydrogen (secondary N) is 1. The Morgan fingerprint density at radius 3 is 2.17 bits per heavy atom. The van der Waals surface area contributed by atoms with Crippen LogP contribution < -0.4 is 5.32 Å². The third kappa shape index (κ3) is 3.69. The van der Waals surface area contributed by atoms with Gasteiger partial charge in [0.1, 0.15) is 0 Å². The molecule has 1 rings (SSSR count). The van der Waals surface area contributed by atoms with Crippen LogP contribution in [0.15, 0.2) is 30.3 Å². The fourth-order valence-electron chi connectivity index (χ4n) is 1.22. The van der Waals surface area contributed by atoms with Gasteiger partial charge in [-0.1, -0.05) is 18.2 Å². The van der Waals surface area contributed by atoms with E-state index in [4.69, 9.17) is 4.74 Å². The number of rotatable bonds is 3. The van der Waals surface area contributed by atoms with Crippen LogP contribution in [0.5, 0.6) is 0 Å². The molecule has 0 aliphatic carbocycles. The number of ether oxygens (including phenoxy) is 1. The maximum atomic E-state index is 11.8. The lowest BCUT2D eigenvalue weighted by Crippen LogP contribution is -2.47. The summed E-state index contributed by atoms with van der Waals surface area (Å²) in [6.07, 6.45) is 0. The SMILES string of the molecule is CC(=O)NC(=O)C(C)(C)OC(=O)c1ccccc1. The molecule has 0 aliphatic rings. The van der Waals surface area contributed by atoms with Crippen LogP contribution >= 0.6 is 0 Å². The van der Waals surface area contributed by atoms with E-state index in [0.717, 1.165) is 0 Å². The van der Waals surface area contributed by atoms with Crippen molar-refractivity contribution >= 4 is 17.8 Å². The summed E-state index contributed by atoms with van der Waals surface area (Å²) in [5, 5.41) is 2.08. The smallest absolute Gasteiger partial charge is 0.339 e. The number of amides is 2. The van der Waals surface area contributed by atoms with Crippen LogP contribution in [0, 0.1) is 0 Å². The number of benzene rings is 1. The molecule has 1 aromatic carbocycles. The molecule has 0 aromatic heterocycles. The summed E-state index contributed by atoms with van der Waals surface area (Å²) in [6, 6.07) is 8.32. The Bertz CT molecular complexity index is 465. The van der Waals surface area contributed by atoms with Crippen molar-refractivity contribution in [3.8, 4) is 0 Å². The Kier molecular flexibility index (Phi) is 4.20. The monoisotopic (exact) mass is 249 g/mol. The third-order valence-corrected chi connectivity index (χ3v) is 2.19. The molecule has 0 fully saturated rings. The number of imide groups is 1. The number of hydrogen-bond donors (Lipinski definition) is 1. The van der Waals surface area contributed by atoms with E-state index < -0.39 is 23.4 Å². The molecular weight excluding hydrogens is 234 g/mol. The first kappa shape index (κ1) is 13.9. The molecule has 0 saturated heterocycles. The molecule has 18 heavy (non-hydrogen) atoms. The average Bonchev–Trinajstić information content (AvgIpc) is 2.28. The highest BCUT2D eigenvalue weighted by molar-refractivity contribution is 6.00. The van der Waals surface area contributed by atoms with E-state index in [1.54, 1.807) is 30.3 Å². The molecule has 0 heterocycles. The minimum atomic E-state index is -1.40. The van der Waals surface area contributed by atoms with E-state index in [9.17, 15) is 14.4 Å². The third-order valence-electron chi connectivity index (χ3n) is 2.19. The predicted molar refractivity (Wildman–Crippen MR) is 64.8 cm³/mol. The van der Waals surface area contributed by atoms with Crippen LogP contribution in [0.2, 0.25) is 0 Å². The van der Waals surface area contributed by atoms with Gasteiger partial charge in [0.05, 0.1) is 5.56 Å². The van der Waals surface area contributed by atoms with Gasteiger partial charge in [-0.25, -0.2) is 4.79 Å². The Balaban J connectivity index is 2.74. The minimum Gasteiger partial charge on any atom is -0.446 e. The van der Waals surface area contributed by atoms with Gasteiger partial charge in [0.25, 0.3) is 5.91 Å². The molecule has 96 valence electrons. The van der Waals surface area contributed by atoms with Crippen molar-refractivity contribution in [2.45, 2.75) is 26.4 Å². The summed E-state index contributed by atoms with van der Waals surface area (Å²) >= 11 is 0. The molecule has 5 heteroatoms. The van der Waals surface area contributed by atoms with E-state index in [2.05, 4.69) is 5.32 Å². The van der Waals surface area contributed by atoms with Gasteiger partial charge in [-0.15, -0.1) is 0 Å². The van der Waals surface area contributed by atoms with Gasteiger partial charge in [-0.2, -0.15) is 0 Å². The summed E-state index contributed by atoms with van der Waals surface area (Å²) in [5.74, 6) is -1.76. The second-order valence-corrected chi connectivity index (χ2v) is 4.28. The number of esters is 1. The zero-order valence-corrected chi connectivity index (χ0v) is 10.5. The lowest BCUT2D eigenvalue weighted by molar-refractivity contribution is -0.141. The highest BCUT2D eigenvalue weighted by atomic mass is 16.6. The first-order valence-electron chi connectivity index (χ1n) is 5.43. The quantitative estimate of drug-likeness (QED) is 0.819. The van der Waals surface area contributed by atoms with Crippen molar-refractivity contribution in [3.05, 3.63) is 35.9 Å². The predicted octanol–water partition coefficient (Wildman–Crippen LogP) is 1.28. The zero-order chi connectivity index (χ0) is 13.8. The van der Waals surface area contributed by atoms with Crippen LogP contribution in [0.25, 0.3) is 0 Å². The number of carbonyl (C=O) groups is 3. The molecule has 0 atom stereocenters. The molecule has 1 N–H and O–H groups in total. The summed E-state index contributed by atoms with van der Waals surface area (Å²) < 4.78 is 5.08. The largest absolute Gasteiger partial charge is 0.446 e. The van der Waals surface area contributed by atoms with Crippen molar-refractivity contribution < 1.29 is 19.1 Å². The molecule has 2 amide bonds. The fourth-order valence-corrected chi connectivity index (χ4v) is 1.22. The Morgan fingerprint density at radius 2 is 1.67 bits per heavy atom. The molecule has 0 aliphatic heterocycles. The maximum Gasteiger partial charge on any atom is 0.339 e. The van der Waals surface area contributed by atoms with E-state index in [-0.39, 0.29) is 0 Å². The Morgan fingerprint density at radius 1 is 1.11 bits per heavy atom. The van der Waals surface area contributed by atoms with Gasteiger partial charge in [0.2, 0.25) is 5.91 Å².